The molecule has 1 fully saturated rings. The van der Waals surface area contributed by atoms with Gasteiger partial charge in [-0.3, -0.25) is 14.5 Å². The molecule has 1 aliphatic heterocycles. The molecule has 0 saturated carbocycles. The average Bonchev–Trinajstić information content (AvgIpc) is 2.72. The minimum atomic E-state index is -0.983. The Bertz CT molecular complexity index is 640. The van der Waals surface area contributed by atoms with Crippen molar-refractivity contribution in [2.75, 3.05) is 6.54 Å². The van der Waals surface area contributed by atoms with E-state index in [-0.39, 0.29) is 24.7 Å². The third kappa shape index (κ3) is 3.48. The minimum Gasteiger partial charge on any atom is -0.481 e. The average molecular weight is 325 g/mol. The number of rotatable bonds is 4. The summed E-state index contributed by atoms with van der Waals surface area (Å²) in [5, 5.41) is 8.69. The van der Waals surface area contributed by atoms with Crippen LogP contribution in [0.2, 0.25) is 0 Å². The number of hydrogen-bond donors (Lipinski definition) is 1. The molecule has 0 aromatic heterocycles. The summed E-state index contributed by atoms with van der Waals surface area (Å²) in [6, 6.07) is 5.83. The molecule has 1 aliphatic rings. The van der Waals surface area contributed by atoms with Crippen molar-refractivity contribution in [2.45, 2.75) is 13.3 Å². The number of aliphatic carboxylic acids is 1. The third-order valence-electron chi connectivity index (χ3n) is 3.02. The van der Waals surface area contributed by atoms with Gasteiger partial charge in [0.15, 0.2) is 0 Å². The normalized spacial score (nSPS) is 17.3. The van der Waals surface area contributed by atoms with Crippen LogP contribution in [0.3, 0.4) is 0 Å². The Hall–Kier alpha value is -1.73. The maximum Gasteiger partial charge on any atom is 0.305 e. The molecule has 1 aromatic carbocycles. The molecule has 0 atom stereocenters. The summed E-state index contributed by atoms with van der Waals surface area (Å²) in [5.74, 6) is -1.63. The maximum absolute atomic E-state index is 12.9. The number of nitrogens with zero attached hydrogens (tertiary/aromatic N) is 1. The molecule has 4 nitrogen and oxygen atoms in total. The first-order chi connectivity index (χ1) is 9.90. The fourth-order valence-electron chi connectivity index (χ4n) is 1.86. The second kappa shape index (κ2) is 6.36. The van der Waals surface area contributed by atoms with Crippen LogP contribution in [0.25, 0.3) is 5.57 Å². The SMILES string of the molecule is C/C(=C1/SC(=S)N(CCC(=O)O)C1=O)c1ccc(F)cc1. The van der Waals surface area contributed by atoms with E-state index in [0.29, 0.717) is 14.8 Å². The van der Waals surface area contributed by atoms with Gasteiger partial charge < -0.3 is 5.11 Å². The molecule has 1 amide bonds. The van der Waals surface area contributed by atoms with Crippen molar-refractivity contribution in [1.29, 1.82) is 0 Å². The molecule has 0 unspecified atom stereocenters. The molecule has 110 valence electrons. The molecule has 0 aliphatic carbocycles. The van der Waals surface area contributed by atoms with Gasteiger partial charge in [-0.2, -0.15) is 0 Å². The van der Waals surface area contributed by atoms with E-state index in [0.717, 1.165) is 17.3 Å². The van der Waals surface area contributed by atoms with Gasteiger partial charge in [-0.05, 0) is 30.2 Å². The molecule has 0 radical (unpaired) electrons. The summed E-state index contributed by atoms with van der Waals surface area (Å²) in [4.78, 5) is 24.6. The topological polar surface area (TPSA) is 57.6 Å². The van der Waals surface area contributed by atoms with Crippen molar-refractivity contribution >= 4 is 45.7 Å². The fraction of sp³-hybridized carbons (Fsp3) is 0.214. The van der Waals surface area contributed by atoms with E-state index >= 15 is 0 Å². The van der Waals surface area contributed by atoms with Crippen molar-refractivity contribution in [1.82, 2.24) is 4.90 Å². The molecular formula is C14H12FNO3S2. The summed E-state index contributed by atoms with van der Waals surface area (Å²) in [6.07, 6.45) is -0.157. The predicted molar refractivity (Wildman–Crippen MR) is 83.1 cm³/mol. The van der Waals surface area contributed by atoms with Gasteiger partial charge in [0.05, 0.1) is 11.3 Å². The van der Waals surface area contributed by atoms with Crippen LogP contribution in [-0.2, 0) is 9.59 Å². The number of carboxylic acids is 1. The highest BCUT2D eigenvalue weighted by Crippen LogP contribution is 2.36. The van der Waals surface area contributed by atoms with Crippen molar-refractivity contribution in [3.05, 3.63) is 40.6 Å². The van der Waals surface area contributed by atoms with Crippen LogP contribution >= 0.6 is 24.0 Å². The van der Waals surface area contributed by atoms with Crippen LogP contribution in [0.5, 0.6) is 0 Å². The van der Waals surface area contributed by atoms with E-state index in [1.54, 1.807) is 19.1 Å². The van der Waals surface area contributed by atoms with Crippen LogP contribution in [-0.4, -0.2) is 32.7 Å². The minimum absolute atomic E-state index is 0.0558. The maximum atomic E-state index is 12.9. The standard InChI is InChI=1S/C14H12FNO3S2/c1-8(9-2-4-10(15)5-3-9)12-13(19)16(14(20)21-12)7-6-11(17)18/h2-5H,6-7H2,1H3,(H,17,18)/b12-8-. The number of carbonyl (C=O) groups excluding carboxylic acids is 1. The van der Waals surface area contributed by atoms with E-state index in [2.05, 4.69) is 0 Å². The van der Waals surface area contributed by atoms with Gasteiger partial charge in [0, 0.05) is 6.54 Å². The van der Waals surface area contributed by atoms with Gasteiger partial charge in [-0.15, -0.1) is 0 Å². The summed E-state index contributed by atoms with van der Waals surface area (Å²) >= 11 is 6.26. The molecule has 2 rings (SSSR count). The van der Waals surface area contributed by atoms with E-state index in [1.165, 1.54) is 17.0 Å². The van der Waals surface area contributed by atoms with Crippen LogP contribution < -0.4 is 0 Å². The van der Waals surface area contributed by atoms with Crippen molar-refractivity contribution in [3.8, 4) is 0 Å². The lowest BCUT2D eigenvalue weighted by atomic mass is 10.1. The van der Waals surface area contributed by atoms with E-state index in [4.69, 9.17) is 17.3 Å². The number of hydrogen-bond acceptors (Lipinski definition) is 4. The second-order valence-corrected chi connectivity index (χ2v) is 6.07. The number of thiocarbonyl (C=S) groups is 1. The summed E-state index contributed by atoms with van der Waals surface area (Å²) < 4.78 is 13.3. The zero-order valence-electron chi connectivity index (χ0n) is 11.1. The van der Waals surface area contributed by atoms with E-state index in [9.17, 15) is 14.0 Å². The van der Waals surface area contributed by atoms with Gasteiger partial charge >= 0.3 is 5.97 Å². The zero-order valence-corrected chi connectivity index (χ0v) is 12.8. The van der Waals surface area contributed by atoms with Gasteiger partial charge in [-0.25, -0.2) is 4.39 Å². The van der Waals surface area contributed by atoms with Crippen LogP contribution in [0.1, 0.15) is 18.9 Å². The monoisotopic (exact) mass is 325 g/mol. The molecule has 1 aromatic rings. The van der Waals surface area contributed by atoms with Crippen LogP contribution in [0, 0.1) is 5.82 Å². The first-order valence-electron chi connectivity index (χ1n) is 6.12. The molecule has 1 heterocycles. The quantitative estimate of drug-likeness (QED) is 0.681. The van der Waals surface area contributed by atoms with Gasteiger partial charge in [-0.1, -0.05) is 36.1 Å². The van der Waals surface area contributed by atoms with Crippen molar-refractivity contribution < 1.29 is 19.1 Å². The Labute approximate surface area is 130 Å². The number of benzene rings is 1. The Kier molecular flexibility index (Phi) is 4.74. The number of halogens is 1. The first-order valence-corrected chi connectivity index (χ1v) is 7.35. The molecule has 21 heavy (non-hydrogen) atoms. The molecule has 0 spiro atoms. The molecule has 1 N–H and O–H groups in total. The Morgan fingerprint density at radius 3 is 2.57 bits per heavy atom. The Morgan fingerprint density at radius 1 is 1.38 bits per heavy atom. The lowest BCUT2D eigenvalue weighted by Crippen LogP contribution is -2.30. The third-order valence-corrected chi connectivity index (χ3v) is 4.57. The van der Waals surface area contributed by atoms with E-state index in [1.807, 2.05) is 0 Å². The Balaban J connectivity index is 2.26. The summed E-state index contributed by atoms with van der Waals surface area (Å²) in [7, 11) is 0. The lowest BCUT2D eigenvalue weighted by Gasteiger charge is -2.12. The number of carbonyl (C=O) groups is 2. The van der Waals surface area contributed by atoms with Crippen molar-refractivity contribution in [3.63, 3.8) is 0 Å². The highest BCUT2D eigenvalue weighted by Gasteiger charge is 2.33. The van der Waals surface area contributed by atoms with Crippen LogP contribution in [0.4, 0.5) is 4.39 Å². The molecule has 0 bridgehead atoms. The lowest BCUT2D eigenvalue weighted by molar-refractivity contribution is -0.137. The smallest absolute Gasteiger partial charge is 0.305 e. The zero-order chi connectivity index (χ0) is 15.6. The van der Waals surface area contributed by atoms with Gasteiger partial charge in [0.25, 0.3) is 5.91 Å². The predicted octanol–water partition coefficient (Wildman–Crippen LogP) is 2.89. The summed E-state index contributed by atoms with van der Waals surface area (Å²) in [5.41, 5.74) is 1.43. The van der Waals surface area contributed by atoms with Crippen LogP contribution in [0.15, 0.2) is 29.2 Å². The number of carboxylic acid groups (broad SMARTS) is 1. The summed E-state index contributed by atoms with van der Waals surface area (Å²) in [6.45, 7) is 1.82. The highest BCUT2D eigenvalue weighted by atomic mass is 32.2. The first kappa shape index (κ1) is 15.7. The van der Waals surface area contributed by atoms with E-state index < -0.39 is 5.97 Å². The molecule has 7 heteroatoms. The second-order valence-electron chi connectivity index (χ2n) is 4.43. The fourth-order valence-corrected chi connectivity index (χ4v) is 3.21. The molecular weight excluding hydrogens is 313 g/mol. The van der Waals surface area contributed by atoms with Crippen molar-refractivity contribution in [2.24, 2.45) is 0 Å². The number of amides is 1. The highest BCUT2D eigenvalue weighted by molar-refractivity contribution is 8.26. The Morgan fingerprint density at radius 2 is 2.00 bits per heavy atom. The number of allylic oxidation sites excluding steroid dienone is 1. The number of thioether (sulfide) groups is 1. The molecule has 1 saturated heterocycles. The van der Waals surface area contributed by atoms with Gasteiger partial charge in [0.1, 0.15) is 10.1 Å². The van der Waals surface area contributed by atoms with Gasteiger partial charge in [0.2, 0.25) is 0 Å². The largest absolute Gasteiger partial charge is 0.481 e.